The first kappa shape index (κ1) is 22.1. The second kappa shape index (κ2) is 9.19. The number of nitrogens with zero attached hydrogens (tertiary/aromatic N) is 2. The predicted octanol–water partition coefficient (Wildman–Crippen LogP) is 3.16. The van der Waals surface area contributed by atoms with E-state index in [0.29, 0.717) is 5.71 Å². The highest BCUT2D eigenvalue weighted by atomic mass is 19.2. The lowest BCUT2D eigenvalue weighted by atomic mass is 9.96. The van der Waals surface area contributed by atoms with Crippen molar-refractivity contribution in [3.63, 3.8) is 0 Å². The van der Waals surface area contributed by atoms with Gasteiger partial charge in [0.25, 0.3) is 11.9 Å². The molecule has 168 valence electrons. The molecule has 1 aromatic heterocycles. The number of hydrogen-bond acceptors (Lipinski definition) is 5. The highest BCUT2D eigenvalue weighted by Crippen LogP contribution is 2.23. The fourth-order valence-electron chi connectivity index (χ4n) is 3.41. The number of amides is 1. The molecule has 0 radical (unpaired) electrons. The van der Waals surface area contributed by atoms with E-state index in [0.717, 1.165) is 16.7 Å². The average Bonchev–Trinajstić information content (AvgIpc) is 2.94. The number of carbonyl (C=O) groups excluding carboxylic acids is 2. The maximum atomic E-state index is 13.7. The molecule has 0 aliphatic carbocycles. The molecule has 0 saturated carbocycles. The molecule has 1 amide bonds. The number of halogens is 4. The zero-order chi connectivity index (χ0) is 23.5. The highest BCUT2D eigenvalue weighted by molar-refractivity contribution is 6.16. The SMILES string of the molecule is O=C(CNc1c(F)c(F)nc(F)c1F)NC1N=C(c2ccccc2)c2ccccc2CC1=O. The first-order valence-corrected chi connectivity index (χ1v) is 9.82. The van der Waals surface area contributed by atoms with Crippen molar-refractivity contribution in [2.75, 3.05) is 11.9 Å². The van der Waals surface area contributed by atoms with Crippen molar-refractivity contribution < 1.29 is 27.2 Å². The van der Waals surface area contributed by atoms with Crippen LogP contribution in [0.4, 0.5) is 23.2 Å². The average molecular weight is 456 g/mol. The van der Waals surface area contributed by atoms with Crippen molar-refractivity contribution in [1.29, 1.82) is 0 Å². The Labute approximate surface area is 185 Å². The molecule has 0 bridgehead atoms. The minimum atomic E-state index is -1.86. The summed E-state index contributed by atoms with van der Waals surface area (Å²) in [4.78, 5) is 32.1. The van der Waals surface area contributed by atoms with Crippen molar-refractivity contribution >= 4 is 23.1 Å². The smallest absolute Gasteiger partial charge is 0.253 e. The minimum absolute atomic E-state index is 0.00157. The first-order valence-electron chi connectivity index (χ1n) is 9.82. The van der Waals surface area contributed by atoms with Gasteiger partial charge in [0.05, 0.1) is 12.3 Å². The van der Waals surface area contributed by atoms with Crippen LogP contribution in [-0.2, 0) is 16.0 Å². The molecule has 33 heavy (non-hydrogen) atoms. The van der Waals surface area contributed by atoms with Crippen LogP contribution in [0.3, 0.4) is 0 Å². The van der Waals surface area contributed by atoms with Crippen LogP contribution in [0.5, 0.6) is 0 Å². The van der Waals surface area contributed by atoms with Gasteiger partial charge in [-0.1, -0.05) is 54.6 Å². The highest BCUT2D eigenvalue weighted by Gasteiger charge is 2.27. The van der Waals surface area contributed by atoms with E-state index in [1.165, 1.54) is 0 Å². The molecule has 2 aromatic carbocycles. The number of nitrogens with one attached hydrogen (secondary N) is 2. The summed E-state index contributed by atoms with van der Waals surface area (Å²) in [5.41, 5.74) is 1.50. The third-order valence-corrected chi connectivity index (χ3v) is 4.97. The Morgan fingerprint density at radius 2 is 1.58 bits per heavy atom. The van der Waals surface area contributed by atoms with E-state index in [2.05, 4.69) is 15.3 Å². The van der Waals surface area contributed by atoms with Gasteiger partial charge in [0.1, 0.15) is 5.69 Å². The molecule has 6 nitrogen and oxygen atoms in total. The van der Waals surface area contributed by atoms with Gasteiger partial charge < -0.3 is 10.6 Å². The molecule has 2 heterocycles. The Kier molecular flexibility index (Phi) is 6.16. The second-order valence-electron chi connectivity index (χ2n) is 7.16. The van der Waals surface area contributed by atoms with Crippen LogP contribution < -0.4 is 10.6 Å². The van der Waals surface area contributed by atoms with Crippen LogP contribution in [0.25, 0.3) is 0 Å². The number of rotatable bonds is 5. The number of carbonyl (C=O) groups is 2. The van der Waals surface area contributed by atoms with Gasteiger partial charge in [-0.3, -0.25) is 14.6 Å². The van der Waals surface area contributed by atoms with E-state index in [9.17, 15) is 27.2 Å². The van der Waals surface area contributed by atoms with Crippen LogP contribution in [0, 0.1) is 23.5 Å². The molecule has 2 N–H and O–H groups in total. The van der Waals surface area contributed by atoms with E-state index in [4.69, 9.17) is 0 Å². The van der Waals surface area contributed by atoms with E-state index >= 15 is 0 Å². The lowest BCUT2D eigenvalue weighted by molar-refractivity contribution is -0.126. The fraction of sp³-hybridized carbons (Fsp3) is 0.130. The van der Waals surface area contributed by atoms with Gasteiger partial charge in [-0.15, -0.1) is 0 Å². The predicted molar refractivity (Wildman–Crippen MR) is 112 cm³/mol. The second-order valence-corrected chi connectivity index (χ2v) is 7.16. The van der Waals surface area contributed by atoms with Gasteiger partial charge in [-0.2, -0.15) is 22.5 Å². The lowest BCUT2D eigenvalue weighted by Gasteiger charge is -2.15. The minimum Gasteiger partial charge on any atom is -0.371 e. The van der Waals surface area contributed by atoms with Crippen molar-refractivity contribution in [2.45, 2.75) is 12.6 Å². The molecular weight excluding hydrogens is 440 g/mol. The van der Waals surface area contributed by atoms with Crippen LogP contribution in [0.2, 0.25) is 0 Å². The summed E-state index contributed by atoms with van der Waals surface area (Å²) in [6.07, 6.45) is -1.28. The molecule has 1 unspecified atom stereocenters. The number of anilines is 1. The van der Waals surface area contributed by atoms with E-state index in [1.54, 1.807) is 30.3 Å². The molecule has 0 fully saturated rings. The number of ketones is 1. The number of Topliss-reactive ketones (excluding diaryl/α,β-unsaturated/α-hetero) is 1. The summed E-state index contributed by atoms with van der Waals surface area (Å²) in [6, 6.07) is 16.3. The van der Waals surface area contributed by atoms with Crippen molar-refractivity contribution in [3.8, 4) is 0 Å². The number of pyridine rings is 1. The van der Waals surface area contributed by atoms with Crippen LogP contribution in [0.15, 0.2) is 59.6 Å². The zero-order valence-corrected chi connectivity index (χ0v) is 16.9. The molecule has 4 rings (SSSR count). The Hall–Kier alpha value is -4.08. The monoisotopic (exact) mass is 456 g/mol. The summed E-state index contributed by atoms with van der Waals surface area (Å²) < 4.78 is 54.0. The summed E-state index contributed by atoms with van der Waals surface area (Å²) in [6.45, 7) is -0.774. The third-order valence-electron chi connectivity index (χ3n) is 4.97. The maximum Gasteiger partial charge on any atom is 0.253 e. The summed E-state index contributed by atoms with van der Waals surface area (Å²) in [5.74, 6) is -8.53. The van der Waals surface area contributed by atoms with Crippen LogP contribution >= 0.6 is 0 Å². The molecule has 0 saturated heterocycles. The molecular formula is C23H16F4N4O2. The zero-order valence-electron chi connectivity index (χ0n) is 16.9. The Bertz CT molecular complexity index is 1240. The quantitative estimate of drug-likeness (QED) is 0.457. The fourth-order valence-corrected chi connectivity index (χ4v) is 3.41. The maximum absolute atomic E-state index is 13.7. The number of fused-ring (bicyclic) bond motifs is 1. The van der Waals surface area contributed by atoms with Crippen molar-refractivity contribution in [1.82, 2.24) is 10.3 Å². The molecule has 10 heteroatoms. The first-order chi connectivity index (χ1) is 15.8. The van der Waals surface area contributed by atoms with Gasteiger partial charge >= 0.3 is 0 Å². The Morgan fingerprint density at radius 3 is 2.27 bits per heavy atom. The number of aliphatic imine (C=N–C) groups is 1. The lowest BCUT2D eigenvalue weighted by Crippen LogP contribution is -2.43. The Morgan fingerprint density at radius 1 is 0.939 bits per heavy atom. The molecule has 0 spiro atoms. The van der Waals surface area contributed by atoms with Gasteiger partial charge in [-0.25, -0.2) is 0 Å². The Balaban J connectivity index is 1.58. The van der Waals surface area contributed by atoms with E-state index in [-0.39, 0.29) is 6.42 Å². The summed E-state index contributed by atoms with van der Waals surface area (Å²) in [7, 11) is 0. The van der Waals surface area contributed by atoms with Gasteiger partial charge in [0, 0.05) is 17.5 Å². The number of benzene rings is 2. The van der Waals surface area contributed by atoms with E-state index < -0.39 is 53.6 Å². The number of hydrogen-bond donors (Lipinski definition) is 2. The largest absolute Gasteiger partial charge is 0.371 e. The summed E-state index contributed by atoms with van der Waals surface area (Å²) >= 11 is 0. The van der Waals surface area contributed by atoms with Crippen molar-refractivity contribution in [3.05, 3.63) is 94.8 Å². The van der Waals surface area contributed by atoms with Gasteiger partial charge in [-0.05, 0) is 5.56 Å². The number of aromatic nitrogens is 1. The molecule has 1 atom stereocenters. The topological polar surface area (TPSA) is 83.4 Å². The third kappa shape index (κ3) is 4.59. The molecule has 1 aliphatic rings. The van der Waals surface area contributed by atoms with Crippen molar-refractivity contribution in [2.24, 2.45) is 4.99 Å². The van der Waals surface area contributed by atoms with Crippen LogP contribution in [-0.4, -0.2) is 35.1 Å². The summed E-state index contributed by atoms with van der Waals surface area (Å²) in [5, 5.41) is 4.40. The molecule has 3 aromatic rings. The van der Waals surface area contributed by atoms with Gasteiger partial charge in [0.15, 0.2) is 11.9 Å². The normalized spacial score (nSPS) is 15.3. The van der Waals surface area contributed by atoms with Gasteiger partial charge in [0.2, 0.25) is 17.5 Å². The standard InChI is InChI=1S/C23H16F4N4O2/c24-17-20(18(25)22(27)31-21(17)26)28-11-16(33)29-23-15(32)10-13-8-4-5-9-14(13)19(30-23)12-6-2-1-3-7-12/h1-9,23H,10-11H2,(H,28,31)(H,29,33). The molecule has 1 aliphatic heterocycles. The van der Waals surface area contributed by atoms with Crippen LogP contribution in [0.1, 0.15) is 16.7 Å². The van der Waals surface area contributed by atoms with E-state index in [1.807, 2.05) is 29.6 Å².